The Hall–Kier alpha value is -0.370. The molecule has 1 nitrogen and oxygen atoms in total. The highest BCUT2D eigenvalue weighted by Gasteiger charge is 2.19. The molecule has 1 aliphatic carbocycles. The van der Waals surface area contributed by atoms with Crippen LogP contribution in [-0.4, -0.2) is 4.98 Å². The molecule has 0 unspecified atom stereocenters. The van der Waals surface area contributed by atoms with Crippen LogP contribution in [0, 0.1) is 6.92 Å². The van der Waals surface area contributed by atoms with Crippen LogP contribution in [0.5, 0.6) is 0 Å². The second kappa shape index (κ2) is 23.6. The summed E-state index contributed by atoms with van der Waals surface area (Å²) in [6.45, 7) is 20.9. The van der Waals surface area contributed by atoms with Gasteiger partial charge >= 0.3 is 0 Å². The van der Waals surface area contributed by atoms with Crippen molar-refractivity contribution >= 4 is 11.3 Å². The predicted octanol–water partition coefficient (Wildman–Crippen LogP) is 9.34. The summed E-state index contributed by atoms with van der Waals surface area (Å²) in [7, 11) is 0. The number of hydrogen-bond donors (Lipinski definition) is 0. The highest BCUT2D eigenvalue weighted by atomic mass is 32.1. The number of rotatable bonds is 3. The maximum absolute atomic E-state index is 4.77. The first kappa shape index (κ1) is 29.4. The van der Waals surface area contributed by atoms with Crippen LogP contribution in [0.25, 0.3) is 0 Å². The van der Waals surface area contributed by atoms with Crippen LogP contribution in [0.2, 0.25) is 0 Å². The molecule has 1 fully saturated rings. The van der Waals surface area contributed by atoms with E-state index >= 15 is 0 Å². The lowest BCUT2D eigenvalue weighted by Gasteiger charge is -2.18. The van der Waals surface area contributed by atoms with Gasteiger partial charge in [-0.15, -0.1) is 11.3 Å². The van der Waals surface area contributed by atoms with E-state index in [1.165, 1.54) is 73.4 Å². The molecule has 1 aliphatic rings. The van der Waals surface area contributed by atoms with Crippen molar-refractivity contribution in [3.05, 3.63) is 15.6 Å². The van der Waals surface area contributed by atoms with Crippen LogP contribution < -0.4 is 0 Å². The molecule has 0 bridgehead atoms. The van der Waals surface area contributed by atoms with Crippen LogP contribution in [-0.2, 0) is 6.42 Å². The van der Waals surface area contributed by atoms with Crippen LogP contribution in [0.15, 0.2) is 0 Å². The van der Waals surface area contributed by atoms with Gasteiger partial charge in [0.25, 0.3) is 0 Å². The van der Waals surface area contributed by atoms with Crippen molar-refractivity contribution in [2.45, 2.75) is 133 Å². The van der Waals surface area contributed by atoms with Crippen molar-refractivity contribution in [3.63, 3.8) is 0 Å². The second-order valence-corrected chi connectivity index (χ2v) is 7.18. The Morgan fingerprint density at radius 3 is 1.68 bits per heavy atom. The zero-order valence-electron chi connectivity index (χ0n) is 19.3. The van der Waals surface area contributed by atoms with Gasteiger partial charge in [0.05, 0.1) is 10.7 Å². The van der Waals surface area contributed by atoms with Gasteiger partial charge in [0, 0.05) is 10.8 Å². The van der Waals surface area contributed by atoms with E-state index in [1.54, 1.807) is 0 Å². The molecular weight excluding hydrogens is 322 g/mol. The molecule has 1 aromatic rings. The van der Waals surface area contributed by atoms with Gasteiger partial charge < -0.3 is 0 Å². The lowest BCUT2D eigenvalue weighted by atomic mass is 9.90. The van der Waals surface area contributed by atoms with Gasteiger partial charge in [-0.05, 0) is 26.2 Å². The molecule has 1 aromatic heterocycles. The number of aryl methyl sites for hydroxylation is 2. The average Bonchev–Trinajstić information content (AvgIpc) is 3.02. The summed E-state index contributed by atoms with van der Waals surface area (Å²) in [6, 6.07) is 0. The Balaban J connectivity index is -0.000000411. The summed E-state index contributed by atoms with van der Waals surface area (Å²) in [5.74, 6) is 0.785. The number of aromatic nitrogens is 1. The van der Waals surface area contributed by atoms with Crippen molar-refractivity contribution in [2.24, 2.45) is 0 Å². The summed E-state index contributed by atoms with van der Waals surface area (Å²) in [6.07, 6.45) is 12.0. The lowest BCUT2D eigenvalue weighted by molar-refractivity contribution is 0.442. The lowest BCUT2D eigenvalue weighted by Crippen LogP contribution is -2.03. The predicted molar refractivity (Wildman–Crippen MR) is 121 cm³/mol. The smallest absolute Gasteiger partial charge is 0.0961 e. The molecule has 0 aliphatic heterocycles. The van der Waals surface area contributed by atoms with Crippen LogP contribution in [0.1, 0.15) is 135 Å². The zero-order chi connectivity index (χ0) is 20.1. The molecule has 0 aromatic carbocycles. The van der Waals surface area contributed by atoms with Crippen molar-refractivity contribution in [1.29, 1.82) is 0 Å². The fraction of sp³-hybridized carbons (Fsp3) is 0.870. The zero-order valence-corrected chi connectivity index (χ0v) is 20.1. The molecule has 2 heteroatoms. The van der Waals surface area contributed by atoms with Gasteiger partial charge in [0.1, 0.15) is 0 Å². The van der Waals surface area contributed by atoms with Crippen LogP contribution in [0.4, 0.5) is 0 Å². The Kier molecular flexibility index (Phi) is 27.8. The third-order valence-electron chi connectivity index (χ3n) is 3.34. The minimum Gasteiger partial charge on any atom is -0.246 e. The molecule has 1 heterocycles. The standard InChI is InChI=1S/C13H21NS.2C3H8.2C2H6/c1-3-7-12-10(2)14-13(15-12)11-8-5-4-6-9-11;2*1-3-2;2*1-2/h11H,3-9H2,1-2H3;2*3H2,1-2H3;2*1-2H3. The van der Waals surface area contributed by atoms with Crippen LogP contribution in [0.3, 0.4) is 0 Å². The number of hydrogen-bond acceptors (Lipinski definition) is 2. The van der Waals surface area contributed by atoms with E-state index in [9.17, 15) is 0 Å². The third kappa shape index (κ3) is 15.6. The van der Waals surface area contributed by atoms with E-state index in [-0.39, 0.29) is 0 Å². The fourth-order valence-corrected chi connectivity index (χ4v) is 3.77. The summed E-state index contributed by atoms with van der Waals surface area (Å²) < 4.78 is 0. The van der Waals surface area contributed by atoms with Gasteiger partial charge in [0.2, 0.25) is 0 Å². The van der Waals surface area contributed by atoms with Gasteiger partial charge in [-0.2, -0.15) is 0 Å². The average molecular weight is 372 g/mol. The fourth-order valence-electron chi connectivity index (χ4n) is 2.43. The number of nitrogens with zero attached hydrogens (tertiary/aromatic N) is 1. The third-order valence-corrected chi connectivity index (χ3v) is 4.72. The molecule has 25 heavy (non-hydrogen) atoms. The van der Waals surface area contributed by atoms with E-state index < -0.39 is 0 Å². The largest absolute Gasteiger partial charge is 0.246 e. The van der Waals surface area contributed by atoms with E-state index in [1.807, 2.05) is 39.0 Å². The molecular formula is C23H49NS. The monoisotopic (exact) mass is 371 g/mol. The Morgan fingerprint density at radius 1 is 0.840 bits per heavy atom. The van der Waals surface area contributed by atoms with E-state index in [4.69, 9.17) is 4.98 Å². The number of thiazole rings is 1. The SMILES string of the molecule is CC.CC.CCC.CCC.CCCc1sc(C2CCCCC2)nc1C. The normalized spacial score (nSPS) is 12.9. The van der Waals surface area contributed by atoms with Gasteiger partial charge in [-0.25, -0.2) is 4.98 Å². The summed E-state index contributed by atoms with van der Waals surface area (Å²) in [5, 5.41) is 1.43. The van der Waals surface area contributed by atoms with Gasteiger partial charge in [0.15, 0.2) is 0 Å². The van der Waals surface area contributed by atoms with Crippen molar-refractivity contribution < 1.29 is 0 Å². The summed E-state index contributed by atoms with van der Waals surface area (Å²) >= 11 is 1.98. The van der Waals surface area contributed by atoms with E-state index in [2.05, 4.69) is 41.5 Å². The first-order valence-electron chi connectivity index (χ1n) is 11.1. The van der Waals surface area contributed by atoms with Crippen LogP contribution >= 0.6 is 11.3 Å². The maximum atomic E-state index is 4.77. The van der Waals surface area contributed by atoms with Gasteiger partial charge in [-0.3, -0.25) is 0 Å². The topological polar surface area (TPSA) is 12.9 Å². The molecule has 0 spiro atoms. The molecule has 2 rings (SSSR count). The minimum absolute atomic E-state index is 0.785. The summed E-state index contributed by atoms with van der Waals surface area (Å²) in [4.78, 5) is 6.30. The Morgan fingerprint density at radius 2 is 1.28 bits per heavy atom. The Bertz CT molecular complexity index is 336. The molecule has 152 valence electrons. The highest BCUT2D eigenvalue weighted by molar-refractivity contribution is 7.11. The molecule has 0 atom stereocenters. The Labute approximate surface area is 165 Å². The summed E-state index contributed by atoms with van der Waals surface area (Å²) in [5.41, 5.74) is 1.29. The molecule has 0 radical (unpaired) electrons. The molecule has 0 N–H and O–H groups in total. The minimum atomic E-state index is 0.785. The molecule has 0 saturated heterocycles. The van der Waals surface area contributed by atoms with Gasteiger partial charge in [-0.1, -0.05) is 101 Å². The van der Waals surface area contributed by atoms with Crippen molar-refractivity contribution in [1.82, 2.24) is 4.98 Å². The van der Waals surface area contributed by atoms with E-state index in [0.717, 1.165) is 5.92 Å². The quantitative estimate of drug-likeness (QED) is 0.515. The first-order chi connectivity index (χ1) is 12.1. The molecule has 1 saturated carbocycles. The molecule has 0 amide bonds. The first-order valence-corrected chi connectivity index (χ1v) is 11.9. The van der Waals surface area contributed by atoms with E-state index in [0.29, 0.717) is 0 Å². The maximum Gasteiger partial charge on any atom is 0.0961 e. The van der Waals surface area contributed by atoms with Crippen molar-refractivity contribution in [3.8, 4) is 0 Å². The second-order valence-electron chi connectivity index (χ2n) is 6.06. The highest BCUT2D eigenvalue weighted by Crippen LogP contribution is 2.36. The van der Waals surface area contributed by atoms with Crippen molar-refractivity contribution in [2.75, 3.05) is 0 Å².